The van der Waals surface area contributed by atoms with E-state index in [9.17, 15) is 8.78 Å². The third-order valence-corrected chi connectivity index (χ3v) is 3.36. The molecule has 17 heavy (non-hydrogen) atoms. The number of benzene rings is 1. The van der Waals surface area contributed by atoms with Crippen molar-refractivity contribution in [1.82, 2.24) is 5.32 Å². The van der Waals surface area contributed by atoms with Gasteiger partial charge in [0.15, 0.2) is 0 Å². The van der Waals surface area contributed by atoms with Crippen LogP contribution in [0.3, 0.4) is 0 Å². The zero-order chi connectivity index (χ0) is 13.0. The molecular formula is C12H16BrF2NO. The topological polar surface area (TPSA) is 21.3 Å². The first-order valence-electron chi connectivity index (χ1n) is 5.34. The van der Waals surface area contributed by atoms with Crippen molar-refractivity contribution in [2.24, 2.45) is 0 Å². The van der Waals surface area contributed by atoms with E-state index in [0.717, 1.165) is 0 Å². The fraction of sp³-hybridized carbons (Fsp3) is 0.500. The lowest BCUT2D eigenvalue weighted by Gasteiger charge is -2.21. The molecule has 0 aliphatic rings. The fourth-order valence-electron chi connectivity index (χ4n) is 1.67. The van der Waals surface area contributed by atoms with Crippen LogP contribution >= 0.6 is 15.9 Å². The highest BCUT2D eigenvalue weighted by atomic mass is 79.9. The molecule has 0 bridgehead atoms. The van der Waals surface area contributed by atoms with Gasteiger partial charge in [0.05, 0.1) is 10.6 Å². The second kappa shape index (κ2) is 6.42. The highest BCUT2D eigenvalue weighted by Gasteiger charge is 2.22. The van der Waals surface area contributed by atoms with Gasteiger partial charge >= 0.3 is 0 Å². The van der Waals surface area contributed by atoms with E-state index < -0.39 is 17.7 Å². The summed E-state index contributed by atoms with van der Waals surface area (Å²) in [5, 5.41) is 2.91. The third-order valence-electron chi connectivity index (χ3n) is 2.75. The van der Waals surface area contributed by atoms with E-state index in [1.807, 2.05) is 6.92 Å². The van der Waals surface area contributed by atoms with Crippen molar-refractivity contribution >= 4 is 15.9 Å². The van der Waals surface area contributed by atoms with Crippen LogP contribution in [0.25, 0.3) is 0 Å². The van der Waals surface area contributed by atoms with Crippen molar-refractivity contribution in [2.45, 2.75) is 25.5 Å². The predicted molar refractivity (Wildman–Crippen MR) is 66.9 cm³/mol. The smallest absolute Gasteiger partial charge is 0.145 e. The van der Waals surface area contributed by atoms with Gasteiger partial charge in [-0.15, -0.1) is 0 Å². The Morgan fingerprint density at radius 3 is 2.59 bits per heavy atom. The van der Waals surface area contributed by atoms with Gasteiger partial charge in [0, 0.05) is 18.7 Å². The zero-order valence-electron chi connectivity index (χ0n) is 10.1. The molecule has 0 spiro atoms. The number of hydrogen-bond donors (Lipinski definition) is 1. The highest BCUT2D eigenvalue weighted by Crippen LogP contribution is 2.29. The van der Waals surface area contributed by atoms with Gasteiger partial charge in [-0.2, -0.15) is 0 Å². The Bertz CT molecular complexity index is 387. The van der Waals surface area contributed by atoms with Crippen LogP contribution in [0.5, 0.6) is 0 Å². The number of halogens is 3. The second-order valence-electron chi connectivity index (χ2n) is 3.88. The number of ether oxygens (including phenoxy) is 1. The van der Waals surface area contributed by atoms with Gasteiger partial charge < -0.3 is 10.1 Å². The SMILES string of the molecule is CNC(CC(C)OC)c1c(F)ccc(Br)c1F. The molecule has 1 N–H and O–H groups in total. The van der Waals surface area contributed by atoms with Gasteiger partial charge in [0.25, 0.3) is 0 Å². The summed E-state index contributed by atoms with van der Waals surface area (Å²) in [5.41, 5.74) is 0.0470. The molecule has 2 atom stereocenters. The van der Waals surface area contributed by atoms with Crippen LogP contribution in [-0.4, -0.2) is 20.3 Å². The summed E-state index contributed by atoms with van der Waals surface area (Å²) in [4.78, 5) is 0. The molecule has 5 heteroatoms. The minimum absolute atomic E-state index is 0.0470. The number of rotatable bonds is 5. The van der Waals surface area contributed by atoms with Crippen molar-refractivity contribution in [3.05, 3.63) is 33.8 Å². The lowest BCUT2D eigenvalue weighted by molar-refractivity contribution is 0.100. The highest BCUT2D eigenvalue weighted by molar-refractivity contribution is 9.10. The summed E-state index contributed by atoms with van der Waals surface area (Å²) in [6, 6.07) is 2.20. The molecular weight excluding hydrogens is 292 g/mol. The van der Waals surface area contributed by atoms with E-state index in [1.165, 1.54) is 12.1 Å². The maximum atomic E-state index is 13.9. The van der Waals surface area contributed by atoms with Crippen LogP contribution in [0.1, 0.15) is 24.9 Å². The van der Waals surface area contributed by atoms with Crippen LogP contribution in [0.15, 0.2) is 16.6 Å². The minimum Gasteiger partial charge on any atom is -0.382 e. The minimum atomic E-state index is -0.562. The average molecular weight is 308 g/mol. The van der Waals surface area contributed by atoms with Gasteiger partial charge in [-0.25, -0.2) is 8.78 Å². The predicted octanol–water partition coefficient (Wildman–Crippen LogP) is 3.41. The lowest BCUT2D eigenvalue weighted by atomic mass is 10.00. The molecule has 0 radical (unpaired) electrons. The molecule has 0 aromatic heterocycles. The third kappa shape index (κ3) is 3.47. The van der Waals surface area contributed by atoms with E-state index >= 15 is 0 Å². The molecule has 96 valence electrons. The number of methoxy groups -OCH3 is 1. The molecule has 2 nitrogen and oxygen atoms in total. The van der Waals surface area contributed by atoms with Crippen molar-refractivity contribution in [2.75, 3.05) is 14.2 Å². The van der Waals surface area contributed by atoms with E-state index in [2.05, 4.69) is 21.2 Å². The van der Waals surface area contributed by atoms with E-state index in [0.29, 0.717) is 6.42 Å². The molecule has 0 saturated heterocycles. The van der Waals surface area contributed by atoms with E-state index in [-0.39, 0.29) is 16.1 Å². The van der Waals surface area contributed by atoms with Gasteiger partial charge in [0.2, 0.25) is 0 Å². The normalized spacial score (nSPS) is 14.7. The van der Waals surface area contributed by atoms with Crippen LogP contribution in [0, 0.1) is 11.6 Å². The summed E-state index contributed by atoms with van der Waals surface area (Å²) in [6.07, 6.45) is 0.419. The Balaban J connectivity index is 3.07. The summed E-state index contributed by atoms with van der Waals surface area (Å²) >= 11 is 3.06. The maximum absolute atomic E-state index is 13.9. The van der Waals surface area contributed by atoms with Gasteiger partial charge in [-0.1, -0.05) is 0 Å². The monoisotopic (exact) mass is 307 g/mol. The van der Waals surface area contributed by atoms with Crippen LogP contribution in [0.4, 0.5) is 8.78 Å². The lowest BCUT2D eigenvalue weighted by Crippen LogP contribution is -2.24. The maximum Gasteiger partial charge on any atom is 0.145 e. The Labute approximate surface area is 108 Å². The van der Waals surface area contributed by atoms with E-state index in [4.69, 9.17) is 4.74 Å². The Morgan fingerprint density at radius 1 is 1.41 bits per heavy atom. The van der Waals surface area contributed by atoms with Crippen molar-refractivity contribution in [3.8, 4) is 0 Å². The van der Waals surface area contributed by atoms with Crippen LogP contribution < -0.4 is 5.32 Å². The zero-order valence-corrected chi connectivity index (χ0v) is 11.6. The molecule has 1 rings (SSSR count). The van der Waals surface area contributed by atoms with Gasteiger partial charge in [-0.3, -0.25) is 0 Å². The first-order valence-corrected chi connectivity index (χ1v) is 6.14. The van der Waals surface area contributed by atoms with E-state index in [1.54, 1.807) is 14.2 Å². The Morgan fingerprint density at radius 2 is 2.06 bits per heavy atom. The standard InChI is InChI=1S/C12H16BrF2NO/c1-7(17-3)6-10(16-2)11-9(14)5-4-8(13)12(11)15/h4-5,7,10,16H,6H2,1-3H3. The average Bonchev–Trinajstić information content (AvgIpc) is 2.32. The molecule has 0 saturated carbocycles. The molecule has 0 amide bonds. The van der Waals surface area contributed by atoms with Crippen molar-refractivity contribution in [1.29, 1.82) is 0 Å². The summed E-state index contributed by atoms with van der Waals surface area (Å²) in [6.45, 7) is 1.86. The fourth-order valence-corrected chi connectivity index (χ4v) is 2.02. The quantitative estimate of drug-likeness (QED) is 0.842. The Hall–Kier alpha value is -0.520. The van der Waals surface area contributed by atoms with Crippen molar-refractivity contribution in [3.63, 3.8) is 0 Å². The van der Waals surface area contributed by atoms with Crippen molar-refractivity contribution < 1.29 is 13.5 Å². The Kier molecular flexibility index (Phi) is 5.49. The molecule has 0 aliphatic carbocycles. The van der Waals surface area contributed by atoms with Crippen LogP contribution in [0.2, 0.25) is 0 Å². The summed E-state index contributed by atoms with van der Waals surface area (Å²) < 4.78 is 32.9. The first-order chi connectivity index (χ1) is 8.01. The molecule has 0 fully saturated rings. The largest absolute Gasteiger partial charge is 0.382 e. The van der Waals surface area contributed by atoms with Gasteiger partial charge in [-0.05, 0) is 48.5 Å². The number of hydrogen-bond acceptors (Lipinski definition) is 2. The molecule has 1 aromatic rings. The van der Waals surface area contributed by atoms with Crippen LogP contribution in [-0.2, 0) is 4.74 Å². The summed E-state index contributed by atoms with van der Waals surface area (Å²) in [7, 11) is 3.25. The molecule has 0 heterocycles. The number of nitrogens with one attached hydrogen (secondary N) is 1. The molecule has 2 unspecified atom stereocenters. The molecule has 0 aliphatic heterocycles. The molecule has 1 aromatic carbocycles. The van der Waals surface area contributed by atoms with Gasteiger partial charge in [0.1, 0.15) is 11.6 Å². The first kappa shape index (κ1) is 14.5. The second-order valence-corrected chi connectivity index (χ2v) is 4.73. The summed E-state index contributed by atoms with van der Waals surface area (Å²) in [5.74, 6) is -1.11.